The molecule has 1 heterocycles. The summed E-state index contributed by atoms with van der Waals surface area (Å²) in [7, 11) is 1.20. The van der Waals surface area contributed by atoms with Crippen molar-refractivity contribution in [3.05, 3.63) is 71.3 Å². The molecule has 2 aromatic carbocycles. The van der Waals surface area contributed by atoms with Crippen LogP contribution in [0.15, 0.2) is 59.8 Å². The molecule has 6 N–H and O–H groups in total. The monoisotopic (exact) mass is 480 g/mol. The van der Waals surface area contributed by atoms with Gasteiger partial charge >= 0.3 is 12.0 Å². The Bertz CT molecular complexity index is 1090. The van der Waals surface area contributed by atoms with Gasteiger partial charge in [0.15, 0.2) is 0 Å². The number of benzene rings is 2. The van der Waals surface area contributed by atoms with E-state index in [1.165, 1.54) is 7.11 Å². The van der Waals surface area contributed by atoms with Gasteiger partial charge in [0, 0.05) is 25.1 Å². The smallest absolute Gasteiger partial charge is 0.330 e. The molecule has 0 fully saturated rings. The van der Waals surface area contributed by atoms with Crippen molar-refractivity contribution < 1.29 is 24.0 Å². The van der Waals surface area contributed by atoms with Gasteiger partial charge in [-0.05, 0) is 11.1 Å². The first-order chi connectivity index (χ1) is 16.9. The summed E-state index contributed by atoms with van der Waals surface area (Å²) in [5.74, 6) is -1.07. The van der Waals surface area contributed by atoms with Crippen molar-refractivity contribution in [2.24, 2.45) is 10.9 Å². The van der Waals surface area contributed by atoms with Crippen LogP contribution in [0.5, 0.6) is 0 Å². The van der Waals surface area contributed by atoms with Crippen molar-refractivity contribution in [1.29, 1.82) is 5.41 Å². The lowest BCUT2D eigenvalue weighted by atomic mass is 10.0. The zero-order valence-electron chi connectivity index (χ0n) is 19.2. The van der Waals surface area contributed by atoms with Crippen LogP contribution in [-0.4, -0.2) is 55.3 Å². The number of ether oxygens (including phenoxy) is 1. The number of rotatable bonds is 10. The quantitative estimate of drug-likeness (QED) is 0.193. The highest BCUT2D eigenvalue weighted by Gasteiger charge is 2.27. The average molecular weight is 481 g/mol. The summed E-state index contributed by atoms with van der Waals surface area (Å²) >= 11 is 0. The number of esters is 1. The molecule has 3 rings (SSSR count). The lowest BCUT2D eigenvalue weighted by molar-refractivity contribution is -0.142. The summed E-state index contributed by atoms with van der Waals surface area (Å²) in [4.78, 5) is 42.1. The second-order valence-corrected chi connectivity index (χ2v) is 7.86. The lowest BCUT2D eigenvalue weighted by Gasteiger charge is -2.18. The molecule has 0 bridgehead atoms. The molecule has 2 aromatic rings. The number of methoxy groups -OCH3 is 1. The Hall–Kier alpha value is -4.41. The Labute approximate surface area is 202 Å². The van der Waals surface area contributed by atoms with E-state index in [0.29, 0.717) is 17.7 Å². The van der Waals surface area contributed by atoms with Gasteiger partial charge in [-0.2, -0.15) is 0 Å². The predicted molar refractivity (Wildman–Crippen MR) is 129 cm³/mol. The maximum Gasteiger partial charge on any atom is 0.330 e. The van der Waals surface area contributed by atoms with Gasteiger partial charge in [0.2, 0.25) is 5.91 Å². The molecule has 0 radical (unpaired) electrons. The first-order valence-corrected chi connectivity index (χ1v) is 11.0. The van der Waals surface area contributed by atoms with Gasteiger partial charge in [0.05, 0.1) is 19.2 Å². The Morgan fingerprint density at radius 1 is 1.14 bits per heavy atom. The largest absolute Gasteiger partial charge is 0.467 e. The second-order valence-electron chi connectivity index (χ2n) is 7.86. The molecule has 11 heteroatoms. The van der Waals surface area contributed by atoms with Crippen LogP contribution in [0.3, 0.4) is 0 Å². The lowest BCUT2D eigenvalue weighted by Crippen LogP contribution is -2.51. The molecule has 0 saturated carbocycles. The van der Waals surface area contributed by atoms with Crippen LogP contribution in [0.1, 0.15) is 29.5 Å². The van der Waals surface area contributed by atoms with Crippen LogP contribution >= 0.6 is 0 Å². The Balaban J connectivity index is 1.44. The van der Waals surface area contributed by atoms with E-state index in [0.717, 1.165) is 11.1 Å². The van der Waals surface area contributed by atoms with Gasteiger partial charge in [-0.25, -0.2) is 9.59 Å². The number of hydrogen-bond acceptors (Lipinski definition) is 7. The number of nitrogen functional groups attached to an aromatic ring is 1. The minimum absolute atomic E-state index is 0.0205. The van der Waals surface area contributed by atoms with Gasteiger partial charge in [0.1, 0.15) is 18.0 Å². The molecular weight excluding hydrogens is 452 g/mol. The molecule has 0 saturated heterocycles. The van der Waals surface area contributed by atoms with E-state index < -0.39 is 24.1 Å². The van der Waals surface area contributed by atoms with Crippen LogP contribution < -0.4 is 21.7 Å². The molecule has 184 valence electrons. The van der Waals surface area contributed by atoms with E-state index in [9.17, 15) is 14.4 Å². The molecule has 3 amide bonds. The third kappa shape index (κ3) is 7.56. The van der Waals surface area contributed by atoms with Gasteiger partial charge in [-0.15, -0.1) is 0 Å². The number of amides is 3. The van der Waals surface area contributed by atoms with Gasteiger partial charge in [-0.3, -0.25) is 10.2 Å². The molecule has 0 aromatic heterocycles. The normalized spacial score (nSPS) is 15.2. The summed E-state index contributed by atoms with van der Waals surface area (Å²) in [6.45, 7) is 0.142. The van der Waals surface area contributed by atoms with Crippen molar-refractivity contribution in [2.45, 2.75) is 31.5 Å². The highest BCUT2D eigenvalue weighted by molar-refractivity contribution is 6.02. The number of carbonyl (C=O) groups is 3. The highest BCUT2D eigenvalue weighted by atomic mass is 16.6. The van der Waals surface area contributed by atoms with Gasteiger partial charge in [0.25, 0.3) is 0 Å². The third-order valence-electron chi connectivity index (χ3n) is 5.27. The van der Waals surface area contributed by atoms with E-state index in [1.54, 1.807) is 24.3 Å². The van der Waals surface area contributed by atoms with Crippen molar-refractivity contribution in [1.82, 2.24) is 16.0 Å². The van der Waals surface area contributed by atoms with E-state index in [1.807, 2.05) is 30.3 Å². The zero-order chi connectivity index (χ0) is 25.2. The minimum Gasteiger partial charge on any atom is -0.467 e. The maximum atomic E-state index is 12.4. The van der Waals surface area contributed by atoms with Crippen LogP contribution in [0, 0.1) is 5.41 Å². The molecular formula is C24H28N6O5. The maximum absolute atomic E-state index is 12.4. The van der Waals surface area contributed by atoms with Crippen LogP contribution in [0.25, 0.3) is 0 Å². The van der Waals surface area contributed by atoms with Crippen LogP contribution in [0.4, 0.5) is 4.79 Å². The van der Waals surface area contributed by atoms with Crippen LogP contribution in [0.2, 0.25) is 0 Å². The van der Waals surface area contributed by atoms with Crippen molar-refractivity contribution >= 4 is 29.5 Å². The van der Waals surface area contributed by atoms with Crippen molar-refractivity contribution in [2.75, 3.05) is 13.7 Å². The SMILES string of the molecule is COC(=O)[C@H](CNC(=O)CC1CC(c2ccc(C(=N)N)cc2)=NO1)NC(=O)NCc1ccccc1. The molecule has 0 aliphatic carbocycles. The summed E-state index contributed by atoms with van der Waals surface area (Å²) in [6, 6.07) is 14.7. The molecule has 1 unspecified atom stereocenters. The number of amidine groups is 1. The molecule has 11 nitrogen and oxygen atoms in total. The number of oxime groups is 1. The fourth-order valence-corrected chi connectivity index (χ4v) is 3.37. The summed E-state index contributed by atoms with van der Waals surface area (Å²) < 4.78 is 4.73. The fourth-order valence-electron chi connectivity index (χ4n) is 3.37. The fraction of sp³-hybridized carbons (Fsp3) is 0.292. The molecule has 2 atom stereocenters. The van der Waals surface area contributed by atoms with E-state index in [-0.39, 0.29) is 31.3 Å². The number of nitrogens with one attached hydrogen (secondary N) is 4. The highest BCUT2D eigenvalue weighted by Crippen LogP contribution is 2.19. The molecule has 0 spiro atoms. The first kappa shape index (κ1) is 25.2. The summed E-state index contributed by atoms with van der Waals surface area (Å²) in [5, 5.41) is 19.3. The van der Waals surface area contributed by atoms with E-state index in [4.69, 9.17) is 20.7 Å². The minimum atomic E-state index is -1.06. The average Bonchev–Trinajstić information content (AvgIpc) is 3.33. The number of hydrogen-bond donors (Lipinski definition) is 5. The summed E-state index contributed by atoms with van der Waals surface area (Å²) in [5.41, 5.74) is 8.47. The van der Waals surface area contributed by atoms with Crippen molar-refractivity contribution in [3.8, 4) is 0 Å². The van der Waals surface area contributed by atoms with Gasteiger partial charge in [-0.1, -0.05) is 59.8 Å². The Morgan fingerprint density at radius 2 is 1.86 bits per heavy atom. The van der Waals surface area contributed by atoms with Gasteiger partial charge < -0.3 is 31.3 Å². The Kier molecular flexibility index (Phi) is 8.76. The topological polar surface area (TPSA) is 168 Å². The third-order valence-corrected chi connectivity index (χ3v) is 5.27. The predicted octanol–water partition coefficient (Wildman–Crippen LogP) is 1.01. The first-order valence-electron chi connectivity index (χ1n) is 11.0. The summed E-state index contributed by atoms with van der Waals surface area (Å²) in [6.07, 6.45) is -0.0174. The van der Waals surface area contributed by atoms with E-state index >= 15 is 0 Å². The molecule has 35 heavy (non-hydrogen) atoms. The second kappa shape index (κ2) is 12.2. The number of carbonyl (C=O) groups excluding carboxylic acids is 3. The standard InChI is InChI=1S/C24H28N6O5/c1-34-23(32)20(29-24(33)28-13-15-5-3-2-4-6-15)14-27-21(31)12-18-11-19(30-35-18)16-7-9-17(10-8-16)22(25)26/h2-10,18,20H,11-14H2,1H3,(H3,25,26)(H,27,31)(H2,28,29,33)/t18?,20-/m0/s1. The number of nitrogens with zero attached hydrogens (tertiary/aromatic N) is 1. The molecule has 1 aliphatic rings. The van der Waals surface area contributed by atoms with Crippen LogP contribution in [-0.2, 0) is 25.7 Å². The van der Waals surface area contributed by atoms with Crippen molar-refractivity contribution in [3.63, 3.8) is 0 Å². The van der Waals surface area contributed by atoms with E-state index in [2.05, 4.69) is 21.1 Å². The number of nitrogens with two attached hydrogens (primary N) is 1. The molecule has 1 aliphatic heterocycles. The zero-order valence-corrected chi connectivity index (χ0v) is 19.2. The Morgan fingerprint density at radius 3 is 2.51 bits per heavy atom. The number of urea groups is 1.